The molecule has 0 radical (unpaired) electrons. The number of amides is 1. The summed E-state index contributed by atoms with van der Waals surface area (Å²) in [7, 11) is -1.86. The van der Waals surface area contributed by atoms with Gasteiger partial charge in [-0.3, -0.25) is 14.9 Å². The molecule has 0 aliphatic heterocycles. The van der Waals surface area contributed by atoms with Gasteiger partial charge in [-0.25, -0.2) is 8.42 Å². The van der Waals surface area contributed by atoms with Crippen LogP contribution in [0.25, 0.3) is 10.2 Å². The Morgan fingerprint density at radius 2 is 2.00 bits per heavy atom. The number of para-hydroxylation sites is 1. The van der Waals surface area contributed by atoms with E-state index in [1.807, 2.05) is 0 Å². The summed E-state index contributed by atoms with van der Waals surface area (Å²) in [5.41, 5.74) is 0.240. The molecular weight excluding hydrogens is 418 g/mol. The number of nitrogens with zero attached hydrogens (tertiary/aromatic N) is 3. The Labute approximate surface area is 170 Å². The lowest BCUT2D eigenvalue weighted by atomic mass is 10.2. The van der Waals surface area contributed by atoms with E-state index in [4.69, 9.17) is 4.74 Å². The Balaban J connectivity index is 2.19. The number of fused-ring (bicyclic) bond motifs is 1. The second-order valence-corrected chi connectivity index (χ2v) is 9.15. The van der Waals surface area contributed by atoms with Crippen molar-refractivity contribution in [2.45, 2.75) is 11.4 Å². The minimum absolute atomic E-state index is 0.120. The largest absolute Gasteiger partial charge is 0.383 e. The van der Waals surface area contributed by atoms with Crippen LogP contribution < -0.4 is 4.80 Å². The molecule has 0 bridgehead atoms. The van der Waals surface area contributed by atoms with Gasteiger partial charge in [-0.15, -0.1) is 0 Å². The maximum absolute atomic E-state index is 12.7. The monoisotopic (exact) mass is 435 g/mol. The Bertz CT molecular complexity index is 1270. The molecule has 9 nitrogen and oxygen atoms in total. The topological polar surface area (TPSA) is 121 Å². The summed E-state index contributed by atoms with van der Waals surface area (Å²) < 4.78 is 31.1. The molecule has 0 saturated carbocycles. The molecule has 0 saturated heterocycles. The number of methoxy groups -OCH3 is 1. The van der Waals surface area contributed by atoms with Gasteiger partial charge in [0.1, 0.15) is 5.56 Å². The van der Waals surface area contributed by atoms with Crippen LogP contribution in [0, 0.1) is 10.1 Å². The average Bonchev–Trinajstić information content (AvgIpc) is 3.01. The van der Waals surface area contributed by atoms with Crippen molar-refractivity contribution in [3.8, 4) is 0 Å². The van der Waals surface area contributed by atoms with Gasteiger partial charge in [-0.2, -0.15) is 4.99 Å². The van der Waals surface area contributed by atoms with Gasteiger partial charge in [0.05, 0.1) is 26.6 Å². The molecule has 29 heavy (non-hydrogen) atoms. The van der Waals surface area contributed by atoms with Gasteiger partial charge in [0.2, 0.25) is 0 Å². The smallest absolute Gasteiger partial charge is 0.286 e. The molecule has 3 aromatic rings. The van der Waals surface area contributed by atoms with E-state index in [9.17, 15) is 23.3 Å². The molecule has 3 rings (SSSR count). The molecule has 152 valence electrons. The van der Waals surface area contributed by atoms with Crippen molar-refractivity contribution in [1.29, 1.82) is 0 Å². The summed E-state index contributed by atoms with van der Waals surface area (Å²) in [5.74, 6) is -0.752. The first-order chi connectivity index (χ1) is 13.7. The molecule has 0 fully saturated rings. The van der Waals surface area contributed by atoms with E-state index < -0.39 is 20.7 Å². The highest BCUT2D eigenvalue weighted by atomic mass is 32.2. The first-order valence-corrected chi connectivity index (χ1v) is 11.1. The SMILES string of the molecule is COCCn1c(=NC(=O)c2ccccc2[N+](=O)[O-])sc2cc(S(C)(=O)=O)ccc21. The average molecular weight is 435 g/mol. The zero-order chi connectivity index (χ0) is 21.2. The summed E-state index contributed by atoms with van der Waals surface area (Å²) in [6.07, 6.45) is 1.12. The van der Waals surface area contributed by atoms with E-state index in [1.165, 1.54) is 43.5 Å². The Kier molecular flexibility index (Phi) is 5.91. The van der Waals surface area contributed by atoms with Crippen molar-refractivity contribution in [2.24, 2.45) is 4.99 Å². The van der Waals surface area contributed by atoms with Crippen LogP contribution in [0.15, 0.2) is 52.4 Å². The normalized spacial score (nSPS) is 12.4. The highest BCUT2D eigenvalue weighted by molar-refractivity contribution is 7.90. The van der Waals surface area contributed by atoms with Crippen molar-refractivity contribution in [2.75, 3.05) is 20.0 Å². The third kappa shape index (κ3) is 4.42. The molecule has 0 atom stereocenters. The zero-order valence-electron chi connectivity index (χ0n) is 15.6. The molecule has 1 amide bonds. The maximum Gasteiger partial charge on any atom is 0.286 e. The number of sulfone groups is 1. The van der Waals surface area contributed by atoms with Crippen LogP contribution in [0.2, 0.25) is 0 Å². The quantitative estimate of drug-likeness (QED) is 0.433. The number of thiazole rings is 1. The lowest BCUT2D eigenvalue weighted by Gasteiger charge is -2.05. The molecular formula is C18H17N3O6S2. The predicted molar refractivity (Wildman–Crippen MR) is 108 cm³/mol. The van der Waals surface area contributed by atoms with E-state index in [-0.39, 0.29) is 16.1 Å². The first-order valence-electron chi connectivity index (χ1n) is 8.37. The van der Waals surface area contributed by atoms with Crippen molar-refractivity contribution in [3.63, 3.8) is 0 Å². The second-order valence-electron chi connectivity index (χ2n) is 6.12. The highest BCUT2D eigenvalue weighted by Crippen LogP contribution is 2.23. The molecule has 0 N–H and O–H groups in total. The fourth-order valence-electron chi connectivity index (χ4n) is 2.73. The van der Waals surface area contributed by atoms with Crippen LogP contribution in [-0.2, 0) is 21.1 Å². The molecule has 2 aromatic carbocycles. The summed E-state index contributed by atoms with van der Waals surface area (Å²) in [6, 6.07) is 10.2. The Hall–Kier alpha value is -2.89. The molecule has 1 aromatic heterocycles. The standard InChI is InChI=1S/C18H17N3O6S2/c1-27-10-9-20-15-8-7-12(29(2,25)26)11-16(15)28-18(20)19-17(22)13-5-3-4-6-14(13)21(23)24/h3-8,11H,9-10H2,1-2H3. The number of aromatic nitrogens is 1. The molecule has 11 heteroatoms. The van der Waals surface area contributed by atoms with Gasteiger partial charge in [-0.05, 0) is 24.3 Å². The maximum atomic E-state index is 12.7. The minimum Gasteiger partial charge on any atom is -0.383 e. The van der Waals surface area contributed by atoms with Gasteiger partial charge in [-0.1, -0.05) is 23.5 Å². The van der Waals surface area contributed by atoms with E-state index in [2.05, 4.69) is 4.99 Å². The van der Waals surface area contributed by atoms with Gasteiger partial charge in [0, 0.05) is 26.0 Å². The molecule has 0 aliphatic rings. The van der Waals surface area contributed by atoms with Gasteiger partial charge < -0.3 is 9.30 Å². The van der Waals surface area contributed by atoms with E-state index in [1.54, 1.807) is 10.6 Å². The third-order valence-corrected chi connectivity index (χ3v) is 6.28. The summed E-state index contributed by atoms with van der Waals surface area (Å²) in [5, 5.41) is 11.2. The number of ether oxygens (including phenoxy) is 1. The van der Waals surface area contributed by atoms with Gasteiger partial charge >= 0.3 is 0 Å². The number of carbonyl (C=O) groups excluding carboxylic acids is 1. The molecule has 0 spiro atoms. The number of hydrogen-bond donors (Lipinski definition) is 0. The summed E-state index contributed by atoms with van der Waals surface area (Å²) in [4.78, 5) is 27.8. The summed E-state index contributed by atoms with van der Waals surface area (Å²) >= 11 is 1.13. The highest BCUT2D eigenvalue weighted by Gasteiger charge is 2.19. The number of hydrogen-bond acceptors (Lipinski definition) is 7. The van der Waals surface area contributed by atoms with Gasteiger partial charge in [0.15, 0.2) is 14.6 Å². The fourth-order valence-corrected chi connectivity index (χ4v) is 4.54. The lowest BCUT2D eigenvalue weighted by molar-refractivity contribution is -0.385. The third-order valence-electron chi connectivity index (χ3n) is 4.13. The van der Waals surface area contributed by atoms with Crippen molar-refractivity contribution in [3.05, 3.63) is 62.9 Å². The second kappa shape index (κ2) is 8.23. The molecule has 0 aliphatic carbocycles. The van der Waals surface area contributed by atoms with Crippen LogP contribution in [0.3, 0.4) is 0 Å². The van der Waals surface area contributed by atoms with Crippen molar-refractivity contribution >= 4 is 43.0 Å². The predicted octanol–water partition coefficient (Wildman–Crippen LogP) is 2.40. The van der Waals surface area contributed by atoms with Crippen LogP contribution in [0.1, 0.15) is 10.4 Å². The van der Waals surface area contributed by atoms with Crippen LogP contribution in [0.5, 0.6) is 0 Å². The molecule has 1 heterocycles. The van der Waals surface area contributed by atoms with Crippen molar-refractivity contribution < 1.29 is 22.9 Å². The van der Waals surface area contributed by atoms with Gasteiger partial charge in [0.25, 0.3) is 11.6 Å². The van der Waals surface area contributed by atoms with E-state index in [0.29, 0.717) is 28.2 Å². The lowest BCUT2D eigenvalue weighted by Crippen LogP contribution is -2.19. The fraction of sp³-hybridized carbons (Fsp3) is 0.222. The number of carbonyl (C=O) groups is 1. The zero-order valence-corrected chi connectivity index (χ0v) is 17.2. The number of rotatable bonds is 6. The summed E-state index contributed by atoms with van der Waals surface area (Å²) in [6.45, 7) is 0.713. The number of nitro groups is 1. The van der Waals surface area contributed by atoms with Crippen LogP contribution in [0.4, 0.5) is 5.69 Å². The number of nitro benzene ring substituents is 1. The minimum atomic E-state index is -3.40. The van der Waals surface area contributed by atoms with E-state index in [0.717, 1.165) is 17.6 Å². The Morgan fingerprint density at radius 3 is 2.66 bits per heavy atom. The van der Waals surface area contributed by atoms with Crippen LogP contribution >= 0.6 is 11.3 Å². The Morgan fingerprint density at radius 1 is 1.28 bits per heavy atom. The first kappa shape index (κ1) is 20.8. The number of benzene rings is 2. The molecule has 0 unspecified atom stereocenters. The van der Waals surface area contributed by atoms with Crippen LogP contribution in [-0.4, -0.2) is 43.8 Å². The van der Waals surface area contributed by atoms with E-state index >= 15 is 0 Å². The van der Waals surface area contributed by atoms with Crippen molar-refractivity contribution in [1.82, 2.24) is 4.57 Å².